The lowest BCUT2D eigenvalue weighted by Crippen LogP contribution is -2.22. The predicted molar refractivity (Wildman–Crippen MR) is 88.7 cm³/mol. The Morgan fingerprint density at radius 1 is 0.958 bits per heavy atom. The number of benzene rings is 2. The summed E-state index contributed by atoms with van der Waals surface area (Å²) in [6.45, 7) is 0. The van der Waals surface area contributed by atoms with Crippen molar-refractivity contribution in [3.63, 3.8) is 0 Å². The topological polar surface area (TPSA) is 104 Å². The summed E-state index contributed by atoms with van der Waals surface area (Å²) >= 11 is 0. The van der Waals surface area contributed by atoms with Crippen molar-refractivity contribution >= 4 is 27.6 Å². The normalized spacial score (nSPS) is 11.3. The summed E-state index contributed by atoms with van der Waals surface area (Å²) in [5.41, 5.74) is 0.273. The summed E-state index contributed by atoms with van der Waals surface area (Å²) in [6.07, 6.45) is 0. The lowest BCUT2D eigenvalue weighted by atomic mass is 10.1. The first kappa shape index (κ1) is 17.6. The molecule has 0 saturated heterocycles. The monoisotopic (exact) mass is 348 g/mol. The molecule has 0 fully saturated rings. The number of aromatic carboxylic acids is 1. The Bertz CT molecular complexity index is 874. The Morgan fingerprint density at radius 2 is 1.50 bits per heavy atom. The molecule has 0 saturated carbocycles. The standard InChI is InChI=1S/C16H16N2O5S/c1-18(2)24(22,23)12-9-7-11(8-10-12)17-15(19)13-5-3-4-6-14(13)16(20)21/h3-10H,1-2H3,(H,17,19)(H,20,21). The maximum absolute atomic E-state index is 12.2. The lowest BCUT2D eigenvalue weighted by molar-refractivity contribution is 0.0692. The van der Waals surface area contributed by atoms with Crippen molar-refractivity contribution in [3.05, 3.63) is 59.7 Å². The van der Waals surface area contributed by atoms with Gasteiger partial charge in [-0.05, 0) is 36.4 Å². The second-order valence-corrected chi connectivity index (χ2v) is 7.27. The van der Waals surface area contributed by atoms with Crippen LogP contribution in [-0.2, 0) is 10.0 Å². The fraction of sp³-hybridized carbons (Fsp3) is 0.125. The Morgan fingerprint density at radius 3 is 2.00 bits per heavy atom. The predicted octanol–water partition coefficient (Wildman–Crippen LogP) is 1.89. The summed E-state index contributed by atoms with van der Waals surface area (Å²) in [6, 6.07) is 11.5. The molecule has 24 heavy (non-hydrogen) atoms. The van der Waals surface area contributed by atoms with E-state index in [-0.39, 0.29) is 16.0 Å². The van der Waals surface area contributed by atoms with Crippen LogP contribution in [0.15, 0.2) is 53.4 Å². The first-order valence-corrected chi connectivity index (χ1v) is 8.34. The summed E-state index contributed by atoms with van der Waals surface area (Å²) in [5, 5.41) is 11.7. The van der Waals surface area contributed by atoms with E-state index in [1.807, 2.05) is 0 Å². The number of carboxylic acids is 1. The van der Waals surface area contributed by atoms with Gasteiger partial charge in [-0.15, -0.1) is 0 Å². The quantitative estimate of drug-likeness (QED) is 0.859. The molecule has 2 N–H and O–H groups in total. The van der Waals surface area contributed by atoms with Gasteiger partial charge in [0, 0.05) is 19.8 Å². The lowest BCUT2D eigenvalue weighted by Gasteiger charge is -2.12. The molecule has 2 rings (SSSR count). The van der Waals surface area contributed by atoms with E-state index < -0.39 is 21.9 Å². The average Bonchev–Trinajstić information content (AvgIpc) is 2.55. The number of carboxylic acid groups (broad SMARTS) is 1. The highest BCUT2D eigenvalue weighted by Crippen LogP contribution is 2.18. The van der Waals surface area contributed by atoms with Gasteiger partial charge in [0.2, 0.25) is 10.0 Å². The zero-order chi connectivity index (χ0) is 17.9. The van der Waals surface area contributed by atoms with Gasteiger partial charge in [-0.1, -0.05) is 12.1 Å². The minimum absolute atomic E-state index is 0.0231. The molecule has 2 aromatic carbocycles. The van der Waals surface area contributed by atoms with Crippen molar-refractivity contribution in [2.45, 2.75) is 4.90 Å². The molecule has 7 nitrogen and oxygen atoms in total. The molecule has 0 aliphatic carbocycles. The molecule has 0 spiro atoms. The molecule has 8 heteroatoms. The third-order valence-corrected chi connectivity index (χ3v) is 5.12. The van der Waals surface area contributed by atoms with Gasteiger partial charge in [0.25, 0.3) is 5.91 Å². The Hall–Kier alpha value is -2.71. The molecule has 2 aromatic rings. The molecule has 0 unspecified atom stereocenters. The average molecular weight is 348 g/mol. The summed E-state index contributed by atoms with van der Waals surface area (Å²) in [5.74, 6) is -1.79. The van der Waals surface area contributed by atoms with Crippen molar-refractivity contribution in [1.82, 2.24) is 4.31 Å². The number of sulfonamides is 1. The number of carbonyl (C=O) groups is 2. The first-order chi connectivity index (χ1) is 11.2. The molecule has 0 heterocycles. The Balaban J connectivity index is 2.24. The fourth-order valence-corrected chi connectivity index (χ4v) is 2.89. The minimum atomic E-state index is -3.55. The smallest absolute Gasteiger partial charge is 0.336 e. The molecule has 0 bridgehead atoms. The number of hydrogen-bond acceptors (Lipinski definition) is 4. The van der Waals surface area contributed by atoms with Crippen LogP contribution in [-0.4, -0.2) is 43.8 Å². The largest absolute Gasteiger partial charge is 0.478 e. The molecular weight excluding hydrogens is 332 g/mol. The zero-order valence-corrected chi connectivity index (χ0v) is 13.9. The van der Waals surface area contributed by atoms with E-state index in [4.69, 9.17) is 5.11 Å². The molecule has 0 atom stereocenters. The summed E-state index contributed by atoms with van der Waals surface area (Å²) < 4.78 is 25.0. The van der Waals surface area contributed by atoms with Gasteiger partial charge in [-0.2, -0.15) is 0 Å². The second-order valence-electron chi connectivity index (χ2n) is 5.12. The van der Waals surface area contributed by atoms with Crippen LogP contribution < -0.4 is 5.32 Å². The van der Waals surface area contributed by atoms with Crippen LogP contribution in [0.3, 0.4) is 0 Å². The number of carbonyl (C=O) groups excluding carboxylic acids is 1. The van der Waals surface area contributed by atoms with Crippen LogP contribution in [0, 0.1) is 0 Å². The van der Waals surface area contributed by atoms with Crippen molar-refractivity contribution in [1.29, 1.82) is 0 Å². The third kappa shape index (κ3) is 3.61. The van der Waals surface area contributed by atoms with Crippen LogP contribution in [0.2, 0.25) is 0 Å². The van der Waals surface area contributed by atoms with E-state index in [9.17, 15) is 18.0 Å². The Labute approximate surface area is 139 Å². The fourth-order valence-electron chi connectivity index (χ4n) is 1.99. The van der Waals surface area contributed by atoms with Gasteiger partial charge in [0.05, 0.1) is 16.0 Å². The maximum Gasteiger partial charge on any atom is 0.336 e. The van der Waals surface area contributed by atoms with Gasteiger partial charge < -0.3 is 10.4 Å². The highest BCUT2D eigenvalue weighted by Gasteiger charge is 2.18. The minimum Gasteiger partial charge on any atom is -0.478 e. The van der Waals surface area contributed by atoms with Gasteiger partial charge in [-0.3, -0.25) is 4.79 Å². The van der Waals surface area contributed by atoms with Gasteiger partial charge in [0.15, 0.2) is 0 Å². The van der Waals surface area contributed by atoms with E-state index in [0.29, 0.717) is 5.69 Å². The zero-order valence-electron chi connectivity index (χ0n) is 13.1. The molecule has 0 aliphatic heterocycles. The van der Waals surface area contributed by atoms with Gasteiger partial charge in [-0.25, -0.2) is 17.5 Å². The van der Waals surface area contributed by atoms with Crippen molar-refractivity contribution in [3.8, 4) is 0 Å². The number of anilines is 1. The summed E-state index contributed by atoms with van der Waals surface area (Å²) in [4.78, 5) is 23.5. The van der Waals surface area contributed by atoms with Crippen LogP contribution in [0.1, 0.15) is 20.7 Å². The number of nitrogens with one attached hydrogen (secondary N) is 1. The number of amides is 1. The van der Waals surface area contributed by atoms with E-state index in [0.717, 1.165) is 4.31 Å². The second kappa shape index (κ2) is 6.81. The Kier molecular flexibility index (Phi) is 5.01. The van der Waals surface area contributed by atoms with Crippen molar-refractivity contribution in [2.24, 2.45) is 0 Å². The van der Waals surface area contributed by atoms with Crippen molar-refractivity contribution < 1.29 is 23.1 Å². The number of rotatable bonds is 5. The van der Waals surface area contributed by atoms with Crippen LogP contribution in [0.25, 0.3) is 0 Å². The van der Waals surface area contributed by atoms with E-state index in [2.05, 4.69) is 5.32 Å². The SMILES string of the molecule is CN(C)S(=O)(=O)c1ccc(NC(=O)c2ccccc2C(=O)O)cc1. The molecule has 1 amide bonds. The summed E-state index contributed by atoms with van der Waals surface area (Å²) in [7, 11) is -0.700. The molecular formula is C16H16N2O5S. The van der Waals surface area contributed by atoms with Crippen LogP contribution in [0.4, 0.5) is 5.69 Å². The third-order valence-electron chi connectivity index (χ3n) is 3.29. The molecule has 0 radical (unpaired) electrons. The maximum atomic E-state index is 12.2. The van der Waals surface area contributed by atoms with Crippen LogP contribution >= 0.6 is 0 Å². The highest BCUT2D eigenvalue weighted by molar-refractivity contribution is 7.89. The van der Waals surface area contributed by atoms with Gasteiger partial charge in [0.1, 0.15) is 0 Å². The van der Waals surface area contributed by atoms with E-state index in [1.54, 1.807) is 6.07 Å². The van der Waals surface area contributed by atoms with Crippen LogP contribution in [0.5, 0.6) is 0 Å². The van der Waals surface area contributed by atoms with Gasteiger partial charge >= 0.3 is 5.97 Å². The number of nitrogens with zero attached hydrogens (tertiary/aromatic N) is 1. The van der Waals surface area contributed by atoms with E-state index >= 15 is 0 Å². The molecule has 0 aromatic heterocycles. The van der Waals surface area contributed by atoms with E-state index in [1.165, 1.54) is 56.6 Å². The highest BCUT2D eigenvalue weighted by atomic mass is 32.2. The molecule has 0 aliphatic rings. The molecule has 126 valence electrons. The first-order valence-electron chi connectivity index (χ1n) is 6.90. The number of hydrogen-bond donors (Lipinski definition) is 2. The van der Waals surface area contributed by atoms with Crippen molar-refractivity contribution in [2.75, 3.05) is 19.4 Å².